The second kappa shape index (κ2) is 5.55. The number of carbonyl (C=O) groups is 2. The lowest BCUT2D eigenvalue weighted by atomic mass is 10.0. The van der Waals surface area contributed by atoms with E-state index in [9.17, 15) is 14.7 Å². The van der Waals surface area contributed by atoms with Gasteiger partial charge in [-0.05, 0) is 20.8 Å². The van der Waals surface area contributed by atoms with E-state index in [0.717, 1.165) is 0 Å². The van der Waals surface area contributed by atoms with Crippen LogP contribution >= 0.6 is 0 Å². The highest BCUT2D eigenvalue weighted by Gasteiger charge is 2.25. The lowest BCUT2D eigenvalue weighted by Gasteiger charge is -2.21. The predicted molar refractivity (Wildman–Crippen MR) is 52.5 cm³/mol. The molecule has 0 aliphatic heterocycles. The van der Waals surface area contributed by atoms with E-state index in [1.807, 2.05) is 0 Å². The molecule has 1 amide bonds. The number of rotatable bonds is 5. The average molecular weight is 219 g/mol. The van der Waals surface area contributed by atoms with Gasteiger partial charge in [0.2, 0.25) is 0 Å². The van der Waals surface area contributed by atoms with Crippen LogP contribution in [-0.2, 0) is 9.53 Å². The Morgan fingerprint density at radius 2 is 2.00 bits per heavy atom. The van der Waals surface area contributed by atoms with Crippen LogP contribution in [-0.4, -0.2) is 40.5 Å². The van der Waals surface area contributed by atoms with Crippen molar-refractivity contribution in [3.05, 3.63) is 0 Å². The molecule has 6 nitrogen and oxygen atoms in total. The summed E-state index contributed by atoms with van der Waals surface area (Å²) in [5.41, 5.74) is -1.47. The molecule has 0 fully saturated rings. The number of aliphatic hydroxyl groups is 1. The van der Waals surface area contributed by atoms with Crippen molar-refractivity contribution in [3.8, 4) is 0 Å². The van der Waals surface area contributed by atoms with Gasteiger partial charge in [-0.2, -0.15) is 0 Å². The summed E-state index contributed by atoms with van der Waals surface area (Å²) in [6.07, 6.45) is -1.36. The summed E-state index contributed by atoms with van der Waals surface area (Å²) in [6, 6.07) is 0. The zero-order valence-corrected chi connectivity index (χ0v) is 9.11. The Labute approximate surface area is 88.2 Å². The largest absolute Gasteiger partial charge is 0.481 e. The summed E-state index contributed by atoms with van der Waals surface area (Å²) in [5.74, 6) is -1.13. The predicted octanol–water partition coefficient (Wildman–Crippen LogP) is 0.347. The summed E-state index contributed by atoms with van der Waals surface area (Å²) in [5, 5.41) is 20.3. The summed E-state index contributed by atoms with van der Waals surface area (Å²) in [4.78, 5) is 21.3. The normalized spacial score (nSPS) is 14.5. The molecule has 0 aromatic heterocycles. The van der Waals surface area contributed by atoms with Crippen molar-refractivity contribution in [3.63, 3.8) is 0 Å². The Bertz CT molecular complexity index is 237. The fourth-order valence-electron chi connectivity index (χ4n) is 0.907. The lowest BCUT2D eigenvalue weighted by Crippen LogP contribution is -2.42. The average Bonchev–Trinajstić information content (AvgIpc) is 1.97. The Morgan fingerprint density at radius 1 is 1.47 bits per heavy atom. The van der Waals surface area contributed by atoms with E-state index in [2.05, 4.69) is 5.32 Å². The standard InChI is InChI=1S/C9H17NO5/c1-6(2)15-8(13)10-5-9(3,14)4-7(11)12/h6,14H,4-5H2,1-3H3,(H,10,13)(H,11,12). The maximum atomic E-state index is 11.0. The topological polar surface area (TPSA) is 95.9 Å². The number of hydrogen-bond acceptors (Lipinski definition) is 4. The molecule has 0 aromatic rings. The minimum absolute atomic E-state index is 0.162. The molecule has 3 N–H and O–H groups in total. The second-order valence-corrected chi connectivity index (χ2v) is 3.88. The number of ether oxygens (including phenoxy) is 1. The Morgan fingerprint density at radius 3 is 2.40 bits per heavy atom. The molecule has 6 heteroatoms. The van der Waals surface area contributed by atoms with Crippen molar-refractivity contribution in [1.29, 1.82) is 0 Å². The summed E-state index contributed by atoms with van der Waals surface area (Å²) >= 11 is 0. The van der Waals surface area contributed by atoms with Gasteiger partial charge >= 0.3 is 12.1 Å². The van der Waals surface area contributed by atoms with Crippen molar-refractivity contribution in [2.75, 3.05) is 6.54 Å². The highest BCUT2D eigenvalue weighted by molar-refractivity contribution is 5.69. The van der Waals surface area contributed by atoms with Crippen LogP contribution in [0.2, 0.25) is 0 Å². The van der Waals surface area contributed by atoms with Crippen molar-refractivity contribution in [2.24, 2.45) is 0 Å². The van der Waals surface area contributed by atoms with E-state index in [1.54, 1.807) is 13.8 Å². The first-order valence-electron chi connectivity index (χ1n) is 4.61. The molecule has 0 aliphatic carbocycles. The number of nitrogens with one attached hydrogen (secondary N) is 1. The first-order valence-corrected chi connectivity index (χ1v) is 4.61. The van der Waals surface area contributed by atoms with Crippen LogP contribution in [0.3, 0.4) is 0 Å². The van der Waals surface area contributed by atoms with Crippen LogP contribution in [0.5, 0.6) is 0 Å². The zero-order valence-electron chi connectivity index (χ0n) is 9.11. The Kier molecular flexibility index (Phi) is 5.07. The maximum Gasteiger partial charge on any atom is 0.407 e. The van der Waals surface area contributed by atoms with Crippen LogP contribution in [0.1, 0.15) is 27.2 Å². The molecular formula is C9H17NO5. The number of alkyl carbamates (subject to hydrolysis) is 1. The number of carboxylic acid groups (broad SMARTS) is 1. The molecule has 0 aromatic carbocycles. The van der Waals surface area contributed by atoms with E-state index >= 15 is 0 Å². The summed E-state index contributed by atoms with van der Waals surface area (Å²) < 4.78 is 4.74. The van der Waals surface area contributed by atoms with Crippen LogP contribution in [0.15, 0.2) is 0 Å². The number of carboxylic acids is 1. The third kappa shape index (κ3) is 7.75. The molecule has 0 saturated carbocycles. The minimum atomic E-state index is -1.47. The van der Waals surface area contributed by atoms with Crippen molar-refractivity contribution < 1.29 is 24.5 Å². The van der Waals surface area contributed by atoms with E-state index in [0.29, 0.717) is 0 Å². The van der Waals surface area contributed by atoms with Gasteiger partial charge in [-0.3, -0.25) is 4.79 Å². The fraction of sp³-hybridized carbons (Fsp3) is 0.778. The van der Waals surface area contributed by atoms with Gasteiger partial charge < -0.3 is 20.3 Å². The van der Waals surface area contributed by atoms with E-state index in [1.165, 1.54) is 6.92 Å². The summed E-state index contributed by atoms with van der Waals surface area (Å²) in [6.45, 7) is 4.55. The van der Waals surface area contributed by atoms with Crippen LogP contribution in [0.4, 0.5) is 4.79 Å². The molecule has 0 rings (SSSR count). The van der Waals surface area contributed by atoms with E-state index in [4.69, 9.17) is 9.84 Å². The number of aliphatic carboxylic acids is 1. The van der Waals surface area contributed by atoms with Gasteiger partial charge in [0.05, 0.1) is 18.1 Å². The SMILES string of the molecule is CC(C)OC(=O)NCC(C)(O)CC(=O)O. The van der Waals surface area contributed by atoms with Crippen molar-refractivity contribution in [2.45, 2.75) is 38.9 Å². The minimum Gasteiger partial charge on any atom is -0.481 e. The van der Waals surface area contributed by atoms with Gasteiger partial charge in [-0.1, -0.05) is 0 Å². The van der Waals surface area contributed by atoms with Gasteiger partial charge in [-0.25, -0.2) is 4.79 Å². The van der Waals surface area contributed by atoms with Crippen molar-refractivity contribution >= 4 is 12.1 Å². The van der Waals surface area contributed by atoms with Crippen LogP contribution < -0.4 is 5.32 Å². The third-order valence-corrected chi connectivity index (χ3v) is 1.49. The monoisotopic (exact) mass is 219 g/mol. The molecule has 0 aliphatic rings. The number of carbonyl (C=O) groups excluding carboxylic acids is 1. The van der Waals surface area contributed by atoms with E-state index < -0.39 is 24.1 Å². The summed E-state index contributed by atoms with van der Waals surface area (Å²) in [7, 11) is 0. The Hall–Kier alpha value is -1.30. The molecular weight excluding hydrogens is 202 g/mol. The molecule has 0 spiro atoms. The van der Waals surface area contributed by atoms with Gasteiger partial charge in [0.25, 0.3) is 0 Å². The molecule has 1 unspecified atom stereocenters. The quantitative estimate of drug-likeness (QED) is 0.620. The molecule has 0 heterocycles. The lowest BCUT2D eigenvalue weighted by molar-refractivity contribution is -0.141. The van der Waals surface area contributed by atoms with Gasteiger partial charge in [0, 0.05) is 6.54 Å². The van der Waals surface area contributed by atoms with Crippen LogP contribution in [0.25, 0.3) is 0 Å². The third-order valence-electron chi connectivity index (χ3n) is 1.49. The number of amides is 1. The maximum absolute atomic E-state index is 11.0. The van der Waals surface area contributed by atoms with E-state index in [-0.39, 0.29) is 12.6 Å². The van der Waals surface area contributed by atoms with Gasteiger partial charge in [-0.15, -0.1) is 0 Å². The highest BCUT2D eigenvalue weighted by atomic mass is 16.6. The molecule has 0 radical (unpaired) electrons. The smallest absolute Gasteiger partial charge is 0.407 e. The number of hydrogen-bond donors (Lipinski definition) is 3. The van der Waals surface area contributed by atoms with Gasteiger partial charge in [0.1, 0.15) is 0 Å². The first kappa shape index (κ1) is 13.7. The van der Waals surface area contributed by atoms with Crippen LogP contribution in [0, 0.1) is 0 Å². The second-order valence-electron chi connectivity index (χ2n) is 3.88. The molecule has 88 valence electrons. The fourth-order valence-corrected chi connectivity index (χ4v) is 0.907. The molecule has 0 saturated heterocycles. The molecule has 0 bridgehead atoms. The highest BCUT2D eigenvalue weighted by Crippen LogP contribution is 2.07. The van der Waals surface area contributed by atoms with Crippen molar-refractivity contribution in [1.82, 2.24) is 5.32 Å². The Balaban J connectivity index is 3.92. The molecule has 15 heavy (non-hydrogen) atoms. The molecule has 1 atom stereocenters. The zero-order chi connectivity index (χ0) is 12.1. The first-order chi connectivity index (χ1) is 6.73. The van der Waals surface area contributed by atoms with Gasteiger partial charge in [0.15, 0.2) is 0 Å².